The summed E-state index contributed by atoms with van der Waals surface area (Å²) in [6.45, 7) is 2.19. The van der Waals surface area contributed by atoms with Crippen LogP contribution < -0.4 is 11.1 Å². The Hall–Kier alpha value is -1.08. The number of amides is 1. The lowest BCUT2D eigenvalue weighted by Crippen LogP contribution is -2.40. The first kappa shape index (κ1) is 17.0. The molecule has 112 valence electrons. The van der Waals surface area contributed by atoms with Crippen LogP contribution in [0.4, 0.5) is 13.2 Å². The highest BCUT2D eigenvalue weighted by Gasteiger charge is 2.31. The third kappa shape index (κ3) is 4.49. The minimum Gasteiger partial charge on any atom is -0.348 e. The van der Waals surface area contributed by atoms with Crippen LogP contribution in [0.25, 0.3) is 0 Å². The molecule has 0 fully saturated rings. The van der Waals surface area contributed by atoms with Crippen LogP contribution in [0.2, 0.25) is 0 Å². The predicted octanol–water partition coefficient (Wildman–Crippen LogP) is 3.33. The number of benzene rings is 1. The van der Waals surface area contributed by atoms with Crippen molar-refractivity contribution in [3.05, 3.63) is 33.8 Å². The van der Waals surface area contributed by atoms with E-state index in [2.05, 4.69) is 21.2 Å². The van der Waals surface area contributed by atoms with Crippen LogP contribution in [0.5, 0.6) is 0 Å². The summed E-state index contributed by atoms with van der Waals surface area (Å²) in [4.78, 5) is 12.0. The number of carbonyl (C=O) groups excluding carboxylic acids is 1. The number of nitrogens with two attached hydrogens (primary N) is 1. The van der Waals surface area contributed by atoms with Crippen LogP contribution in [-0.4, -0.2) is 18.5 Å². The summed E-state index contributed by atoms with van der Waals surface area (Å²) in [7, 11) is 0. The van der Waals surface area contributed by atoms with Gasteiger partial charge in [-0.2, -0.15) is 13.2 Å². The van der Waals surface area contributed by atoms with Gasteiger partial charge in [-0.3, -0.25) is 4.79 Å². The molecule has 0 saturated carbocycles. The highest BCUT2D eigenvalue weighted by molar-refractivity contribution is 9.10. The number of nitrogens with one attached hydrogen (secondary N) is 1. The molecule has 0 aliphatic heterocycles. The van der Waals surface area contributed by atoms with Gasteiger partial charge in [0.15, 0.2) is 0 Å². The summed E-state index contributed by atoms with van der Waals surface area (Å²) < 4.78 is 38.3. The van der Waals surface area contributed by atoms with Crippen LogP contribution in [0.1, 0.15) is 35.7 Å². The maximum atomic E-state index is 12.6. The summed E-state index contributed by atoms with van der Waals surface area (Å²) in [5, 5.41) is 2.64. The fraction of sp³-hybridized carbons (Fsp3) is 0.462. The number of hydrogen-bond acceptors (Lipinski definition) is 2. The smallest absolute Gasteiger partial charge is 0.348 e. The molecule has 7 heteroatoms. The lowest BCUT2D eigenvalue weighted by Gasteiger charge is -2.17. The summed E-state index contributed by atoms with van der Waals surface area (Å²) in [6, 6.07) is 2.73. The zero-order valence-electron chi connectivity index (χ0n) is 10.9. The molecule has 1 atom stereocenters. The van der Waals surface area contributed by atoms with E-state index in [1.165, 1.54) is 6.07 Å². The van der Waals surface area contributed by atoms with E-state index in [0.29, 0.717) is 10.9 Å². The Balaban J connectivity index is 2.97. The molecule has 0 aliphatic rings. The fourth-order valence-corrected chi connectivity index (χ4v) is 2.16. The molecule has 0 radical (unpaired) electrons. The van der Waals surface area contributed by atoms with Gasteiger partial charge in [-0.05, 0) is 40.5 Å². The second-order valence-electron chi connectivity index (χ2n) is 4.39. The molecule has 0 aromatic heterocycles. The molecule has 1 aromatic carbocycles. The van der Waals surface area contributed by atoms with E-state index in [0.717, 1.165) is 18.6 Å². The van der Waals surface area contributed by atoms with Crippen molar-refractivity contribution in [2.24, 2.45) is 5.73 Å². The summed E-state index contributed by atoms with van der Waals surface area (Å²) in [5.74, 6) is -0.563. The summed E-state index contributed by atoms with van der Waals surface area (Å²) in [5.41, 5.74) is 4.61. The molecule has 0 saturated heterocycles. The molecule has 1 rings (SSSR count). The van der Waals surface area contributed by atoms with Crippen LogP contribution in [-0.2, 0) is 6.18 Å². The van der Waals surface area contributed by atoms with Crippen LogP contribution in [0, 0.1) is 0 Å². The average Bonchev–Trinajstić information content (AvgIpc) is 2.37. The number of alkyl halides is 3. The number of carbonyl (C=O) groups is 1. The lowest BCUT2D eigenvalue weighted by molar-refractivity contribution is -0.137. The molecule has 0 spiro atoms. The summed E-state index contributed by atoms with van der Waals surface area (Å²) in [6.07, 6.45) is -2.98. The normalized spacial score (nSPS) is 13.1. The molecule has 3 N–H and O–H groups in total. The van der Waals surface area contributed by atoms with Gasteiger partial charge >= 0.3 is 6.18 Å². The third-order valence-corrected chi connectivity index (χ3v) is 3.49. The van der Waals surface area contributed by atoms with Gasteiger partial charge in [-0.15, -0.1) is 0 Å². The molecule has 20 heavy (non-hydrogen) atoms. The van der Waals surface area contributed by atoms with Gasteiger partial charge in [0, 0.05) is 17.1 Å². The summed E-state index contributed by atoms with van der Waals surface area (Å²) >= 11 is 3.09. The van der Waals surface area contributed by atoms with Crippen molar-refractivity contribution in [3.8, 4) is 0 Å². The number of halogens is 4. The topological polar surface area (TPSA) is 55.1 Å². The Bertz CT molecular complexity index is 477. The molecule has 1 unspecified atom stereocenters. The highest BCUT2D eigenvalue weighted by atomic mass is 79.9. The molecule has 0 bridgehead atoms. The molecule has 1 amide bonds. The zero-order chi connectivity index (χ0) is 15.3. The van der Waals surface area contributed by atoms with E-state index < -0.39 is 17.6 Å². The van der Waals surface area contributed by atoms with Crippen molar-refractivity contribution in [3.63, 3.8) is 0 Å². The van der Waals surface area contributed by atoms with Gasteiger partial charge in [0.05, 0.1) is 11.1 Å². The maximum absolute atomic E-state index is 12.6. The van der Waals surface area contributed by atoms with Gasteiger partial charge in [0.25, 0.3) is 5.91 Å². The Morgan fingerprint density at radius 2 is 2.10 bits per heavy atom. The first-order chi connectivity index (χ1) is 9.29. The van der Waals surface area contributed by atoms with Crippen molar-refractivity contribution in [1.29, 1.82) is 0 Å². The second-order valence-corrected chi connectivity index (χ2v) is 5.24. The van der Waals surface area contributed by atoms with E-state index in [-0.39, 0.29) is 18.2 Å². The van der Waals surface area contributed by atoms with E-state index in [1.807, 2.05) is 6.92 Å². The molecule has 3 nitrogen and oxygen atoms in total. The largest absolute Gasteiger partial charge is 0.416 e. The van der Waals surface area contributed by atoms with E-state index >= 15 is 0 Å². The average molecular weight is 353 g/mol. The first-order valence-electron chi connectivity index (χ1n) is 6.17. The van der Waals surface area contributed by atoms with Crippen LogP contribution in [0.15, 0.2) is 22.7 Å². The highest BCUT2D eigenvalue weighted by Crippen LogP contribution is 2.31. The Morgan fingerprint density at radius 1 is 1.45 bits per heavy atom. The van der Waals surface area contributed by atoms with Crippen molar-refractivity contribution < 1.29 is 18.0 Å². The minimum atomic E-state index is -4.48. The molecule has 1 aromatic rings. The molecule has 0 aliphatic carbocycles. The second kappa shape index (κ2) is 7.08. The monoisotopic (exact) mass is 352 g/mol. The number of hydrogen-bond donors (Lipinski definition) is 2. The van der Waals surface area contributed by atoms with Crippen LogP contribution in [0.3, 0.4) is 0 Å². The Kier molecular flexibility index (Phi) is 6.01. The first-order valence-corrected chi connectivity index (χ1v) is 6.96. The maximum Gasteiger partial charge on any atom is 0.416 e. The number of rotatable bonds is 5. The van der Waals surface area contributed by atoms with Gasteiger partial charge in [0.2, 0.25) is 0 Å². The Morgan fingerprint density at radius 3 is 2.60 bits per heavy atom. The molecule has 0 heterocycles. The predicted molar refractivity (Wildman–Crippen MR) is 74.4 cm³/mol. The van der Waals surface area contributed by atoms with Gasteiger partial charge < -0.3 is 11.1 Å². The van der Waals surface area contributed by atoms with Crippen LogP contribution >= 0.6 is 15.9 Å². The third-order valence-electron chi connectivity index (χ3n) is 2.80. The van der Waals surface area contributed by atoms with Crippen molar-refractivity contribution >= 4 is 21.8 Å². The lowest BCUT2D eigenvalue weighted by atomic mass is 10.1. The SMILES string of the molecule is CCCC(CN)NC(=O)c1cc(C(F)(F)F)ccc1Br. The Labute approximate surface area is 123 Å². The van der Waals surface area contributed by atoms with E-state index in [1.54, 1.807) is 0 Å². The molecular weight excluding hydrogens is 337 g/mol. The zero-order valence-corrected chi connectivity index (χ0v) is 12.5. The van der Waals surface area contributed by atoms with Crippen molar-refractivity contribution in [2.75, 3.05) is 6.54 Å². The standard InChI is InChI=1S/C13H16BrF3N2O/c1-2-3-9(7-18)19-12(20)10-6-8(13(15,16)17)4-5-11(10)14/h4-6,9H,2-3,7,18H2,1H3,(H,19,20). The minimum absolute atomic E-state index is 0.0469. The molecular formula is C13H16BrF3N2O. The van der Waals surface area contributed by atoms with Gasteiger partial charge in [-0.25, -0.2) is 0 Å². The van der Waals surface area contributed by atoms with Gasteiger partial charge in [0.1, 0.15) is 0 Å². The van der Waals surface area contributed by atoms with Crippen molar-refractivity contribution in [1.82, 2.24) is 5.32 Å². The van der Waals surface area contributed by atoms with Gasteiger partial charge in [-0.1, -0.05) is 13.3 Å². The quantitative estimate of drug-likeness (QED) is 0.853. The van der Waals surface area contributed by atoms with E-state index in [9.17, 15) is 18.0 Å². The van der Waals surface area contributed by atoms with Crippen molar-refractivity contribution in [2.45, 2.75) is 32.0 Å². The fourth-order valence-electron chi connectivity index (χ4n) is 1.74. The van der Waals surface area contributed by atoms with E-state index in [4.69, 9.17) is 5.73 Å².